The first kappa shape index (κ1) is 15.6. The zero-order valence-electron chi connectivity index (χ0n) is 13.5. The SMILES string of the molecule is CCc1ccccc1-c1c(Cl)ccc(CN2CCC2)c1CC. The summed E-state index contributed by atoms with van der Waals surface area (Å²) in [5, 5.41) is 0.880. The number of nitrogens with zero attached hydrogens (tertiary/aromatic N) is 1. The van der Waals surface area contributed by atoms with Crippen LogP contribution in [0.5, 0.6) is 0 Å². The van der Waals surface area contributed by atoms with Gasteiger partial charge in [0, 0.05) is 17.1 Å². The van der Waals surface area contributed by atoms with Gasteiger partial charge in [0.05, 0.1) is 0 Å². The van der Waals surface area contributed by atoms with Crippen LogP contribution in [0, 0.1) is 0 Å². The van der Waals surface area contributed by atoms with Crippen molar-refractivity contribution >= 4 is 11.6 Å². The molecular formula is C20H24ClN. The molecule has 0 amide bonds. The highest BCUT2D eigenvalue weighted by atomic mass is 35.5. The molecule has 1 aliphatic heterocycles. The van der Waals surface area contributed by atoms with Gasteiger partial charge in [-0.25, -0.2) is 0 Å². The van der Waals surface area contributed by atoms with Crippen LogP contribution in [0.3, 0.4) is 0 Å². The number of hydrogen-bond acceptors (Lipinski definition) is 1. The largest absolute Gasteiger partial charge is 0.299 e. The van der Waals surface area contributed by atoms with E-state index in [0.717, 1.165) is 24.4 Å². The van der Waals surface area contributed by atoms with Crippen LogP contribution in [-0.4, -0.2) is 18.0 Å². The Morgan fingerprint density at radius 1 is 0.955 bits per heavy atom. The average molecular weight is 314 g/mol. The van der Waals surface area contributed by atoms with Gasteiger partial charge >= 0.3 is 0 Å². The summed E-state index contributed by atoms with van der Waals surface area (Å²) < 4.78 is 0. The molecule has 0 N–H and O–H groups in total. The number of halogens is 1. The lowest BCUT2D eigenvalue weighted by Crippen LogP contribution is -2.36. The Kier molecular flexibility index (Phi) is 4.85. The minimum atomic E-state index is 0.880. The van der Waals surface area contributed by atoms with Gasteiger partial charge in [-0.3, -0.25) is 4.90 Å². The van der Waals surface area contributed by atoms with Gasteiger partial charge in [0.15, 0.2) is 0 Å². The van der Waals surface area contributed by atoms with Crippen molar-refractivity contribution in [2.75, 3.05) is 13.1 Å². The van der Waals surface area contributed by atoms with Gasteiger partial charge in [0.25, 0.3) is 0 Å². The van der Waals surface area contributed by atoms with E-state index < -0.39 is 0 Å². The number of aryl methyl sites for hydroxylation is 1. The van der Waals surface area contributed by atoms with Crippen LogP contribution >= 0.6 is 11.6 Å². The average Bonchev–Trinajstić information content (AvgIpc) is 2.51. The lowest BCUT2D eigenvalue weighted by Gasteiger charge is -2.32. The lowest BCUT2D eigenvalue weighted by molar-refractivity contribution is 0.172. The van der Waals surface area contributed by atoms with Crippen molar-refractivity contribution in [3.63, 3.8) is 0 Å². The van der Waals surface area contributed by atoms with E-state index in [4.69, 9.17) is 11.6 Å². The third-order valence-electron chi connectivity index (χ3n) is 4.72. The van der Waals surface area contributed by atoms with Crippen molar-refractivity contribution < 1.29 is 0 Å². The zero-order chi connectivity index (χ0) is 15.5. The molecule has 0 saturated carbocycles. The fraction of sp³-hybridized carbons (Fsp3) is 0.400. The van der Waals surface area contributed by atoms with E-state index >= 15 is 0 Å². The molecule has 0 atom stereocenters. The molecule has 1 saturated heterocycles. The minimum Gasteiger partial charge on any atom is -0.299 e. The topological polar surface area (TPSA) is 3.24 Å². The Labute approximate surface area is 138 Å². The Morgan fingerprint density at radius 2 is 1.73 bits per heavy atom. The molecule has 1 heterocycles. The van der Waals surface area contributed by atoms with Crippen molar-refractivity contribution in [1.29, 1.82) is 0 Å². The molecule has 3 rings (SSSR count). The standard InChI is InChI=1S/C20H24ClN/c1-3-15-8-5-6-9-18(15)20-17(4-2)16(10-11-19(20)21)14-22-12-7-13-22/h5-6,8-11H,3-4,7,12-14H2,1-2H3. The molecule has 1 aliphatic rings. The zero-order valence-corrected chi connectivity index (χ0v) is 14.3. The van der Waals surface area contributed by atoms with Crippen molar-refractivity contribution in [1.82, 2.24) is 4.90 Å². The molecular weight excluding hydrogens is 290 g/mol. The van der Waals surface area contributed by atoms with Crippen LogP contribution in [0.1, 0.15) is 37.0 Å². The maximum atomic E-state index is 6.61. The van der Waals surface area contributed by atoms with Crippen molar-refractivity contribution in [2.24, 2.45) is 0 Å². The second kappa shape index (κ2) is 6.85. The normalized spacial score (nSPS) is 14.9. The van der Waals surface area contributed by atoms with Crippen LogP contribution in [0.4, 0.5) is 0 Å². The fourth-order valence-corrected chi connectivity index (χ4v) is 3.64. The van der Waals surface area contributed by atoms with Gasteiger partial charge in [-0.05, 0) is 60.7 Å². The molecule has 1 nitrogen and oxygen atoms in total. The summed E-state index contributed by atoms with van der Waals surface area (Å²) in [5.41, 5.74) is 6.78. The first-order valence-electron chi connectivity index (χ1n) is 8.35. The second-order valence-electron chi connectivity index (χ2n) is 6.05. The van der Waals surface area contributed by atoms with Crippen molar-refractivity contribution in [2.45, 2.75) is 39.7 Å². The molecule has 0 aromatic heterocycles. The van der Waals surface area contributed by atoms with E-state index in [1.54, 1.807) is 0 Å². The van der Waals surface area contributed by atoms with Gasteiger partial charge in [0.1, 0.15) is 0 Å². The maximum absolute atomic E-state index is 6.61. The van der Waals surface area contributed by atoms with E-state index in [0.29, 0.717) is 0 Å². The van der Waals surface area contributed by atoms with Crippen LogP contribution in [0.15, 0.2) is 36.4 Å². The lowest BCUT2D eigenvalue weighted by atomic mass is 9.90. The maximum Gasteiger partial charge on any atom is 0.0487 e. The second-order valence-corrected chi connectivity index (χ2v) is 6.46. The van der Waals surface area contributed by atoms with Crippen molar-refractivity contribution in [3.05, 3.63) is 58.1 Å². The summed E-state index contributed by atoms with van der Waals surface area (Å²) in [6, 6.07) is 13.0. The molecule has 0 unspecified atom stereocenters. The van der Waals surface area contributed by atoms with Crippen LogP contribution in [-0.2, 0) is 19.4 Å². The van der Waals surface area contributed by atoms with Gasteiger partial charge in [0.2, 0.25) is 0 Å². The van der Waals surface area contributed by atoms with E-state index in [-0.39, 0.29) is 0 Å². The molecule has 2 aromatic rings. The quantitative estimate of drug-likeness (QED) is 0.720. The molecule has 116 valence electrons. The van der Waals surface area contributed by atoms with Crippen LogP contribution in [0.25, 0.3) is 11.1 Å². The first-order chi connectivity index (χ1) is 10.7. The highest BCUT2D eigenvalue weighted by Gasteiger charge is 2.19. The van der Waals surface area contributed by atoms with Crippen LogP contribution in [0.2, 0.25) is 5.02 Å². The number of rotatable bonds is 5. The third-order valence-corrected chi connectivity index (χ3v) is 5.04. The molecule has 2 aromatic carbocycles. The summed E-state index contributed by atoms with van der Waals surface area (Å²) in [6.45, 7) is 7.96. The third kappa shape index (κ3) is 2.93. The van der Waals surface area contributed by atoms with Crippen molar-refractivity contribution in [3.8, 4) is 11.1 Å². The number of benzene rings is 2. The summed E-state index contributed by atoms with van der Waals surface area (Å²) in [7, 11) is 0. The number of likely N-dealkylation sites (tertiary alicyclic amines) is 1. The van der Waals surface area contributed by atoms with Gasteiger partial charge < -0.3 is 0 Å². The monoisotopic (exact) mass is 313 g/mol. The molecule has 2 heteroatoms. The molecule has 22 heavy (non-hydrogen) atoms. The van der Waals surface area contributed by atoms with Crippen LogP contribution < -0.4 is 0 Å². The van der Waals surface area contributed by atoms with E-state index in [2.05, 4.69) is 55.1 Å². The van der Waals surface area contributed by atoms with Gasteiger partial charge in [-0.2, -0.15) is 0 Å². The molecule has 0 radical (unpaired) electrons. The predicted octanol–water partition coefficient (Wildman–Crippen LogP) is 5.34. The summed E-state index contributed by atoms with van der Waals surface area (Å²) in [5.74, 6) is 0. The minimum absolute atomic E-state index is 0.880. The van der Waals surface area contributed by atoms with Gasteiger partial charge in [-0.1, -0.05) is 55.8 Å². The predicted molar refractivity (Wildman–Crippen MR) is 95.5 cm³/mol. The molecule has 0 aliphatic carbocycles. The Bertz CT molecular complexity index is 659. The smallest absolute Gasteiger partial charge is 0.0487 e. The van der Waals surface area contributed by atoms with E-state index in [9.17, 15) is 0 Å². The molecule has 1 fully saturated rings. The van der Waals surface area contributed by atoms with Gasteiger partial charge in [-0.15, -0.1) is 0 Å². The van der Waals surface area contributed by atoms with E-state index in [1.165, 1.54) is 47.3 Å². The Hall–Kier alpha value is -1.31. The summed E-state index contributed by atoms with van der Waals surface area (Å²) in [4.78, 5) is 2.51. The first-order valence-corrected chi connectivity index (χ1v) is 8.73. The fourth-order valence-electron chi connectivity index (χ4n) is 3.36. The highest BCUT2D eigenvalue weighted by molar-refractivity contribution is 6.33. The van der Waals surface area contributed by atoms with E-state index in [1.807, 2.05) is 0 Å². The highest BCUT2D eigenvalue weighted by Crippen LogP contribution is 2.36. The molecule has 0 bridgehead atoms. The number of hydrogen-bond donors (Lipinski definition) is 0. The Morgan fingerprint density at radius 3 is 2.36 bits per heavy atom. The molecule has 0 spiro atoms. The summed E-state index contributed by atoms with van der Waals surface area (Å²) in [6.07, 6.45) is 3.39. The summed E-state index contributed by atoms with van der Waals surface area (Å²) >= 11 is 6.61. The Balaban J connectivity index is 2.10.